The van der Waals surface area contributed by atoms with Crippen molar-refractivity contribution in [1.82, 2.24) is 9.29 Å². The maximum Gasteiger partial charge on any atom is 0.246 e. The molecule has 6 nitrogen and oxygen atoms in total. The van der Waals surface area contributed by atoms with E-state index in [0.29, 0.717) is 0 Å². The van der Waals surface area contributed by atoms with Crippen LogP contribution in [-0.4, -0.2) is 30.3 Å². The lowest BCUT2D eigenvalue weighted by atomic mass is 10.3. The zero-order chi connectivity index (χ0) is 14.5. The summed E-state index contributed by atoms with van der Waals surface area (Å²) in [6, 6.07) is 6.21. The van der Waals surface area contributed by atoms with Gasteiger partial charge in [0.25, 0.3) is 0 Å². The molecule has 100 valence electrons. The van der Waals surface area contributed by atoms with E-state index < -0.39 is 10.0 Å². The molecule has 0 amide bonds. The van der Waals surface area contributed by atoms with E-state index in [4.69, 9.17) is 10.5 Å². The second-order valence-corrected chi connectivity index (χ2v) is 5.94. The lowest BCUT2D eigenvalue weighted by Crippen LogP contribution is -2.38. The molecule has 0 unspecified atom stereocenters. The van der Waals surface area contributed by atoms with Crippen LogP contribution in [0.3, 0.4) is 0 Å². The summed E-state index contributed by atoms with van der Waals surface area (Å²) in [4.78, 5) is 3.63. The van der Waals surface area contributed by atoms with Crippen molar-refractivity contribution in [2.24, 2.45) is 0 Å². The molecule has 7 heteroatoms. The van der Waals surface area contributed by atoms with Gasteiger partial charge in [0.2, 0.25) is 10.0 Å². The standard InChI is InChI=1S/C12H14N4O2S/c1-10(2)16(8-4-6-13)19(17,18)12-5-3-7-15-11(12)9-14/h3,5,7,10H,4,8H2,1-2H3. The third-order valence-corrected chi connectivity index (χ3v) is 4.59. The first-order chi connectivity index (χ1) is 8.95. The van der Waals surface area contributed by atoms with Crippen molar-refractivity contribution in [1.29, 1.82) is 10.5 Å². The topological polar surface area (TPSA) is 97.8 Å². The number of aromatic nitrogens is 1. The van der Waals surface area contributed by atoms with Crippen LogP contribution < -0.4 is 0 Å². The highest BCUT2D eigenvalue weighted by molar-refractivity contribution is 7.89. The van der Waals surface area contributed by atoms with E-state index in [1.54, 1.807) is 19.9 Å². The normalized spacial score (nSPS) is 11.3. The van der Waals surface area contributed by atoms with Crippen molar-refractivity contribution < 1.29 is 8.42 Å². The monoisotopic (exact) mass is 278 g/mol. The van der Waals surface area contributed by atoms with Gasteiger partial charge in [-0.3, -0.25) is 0 Å². The molecular weight excluding hydrogens is 264 g/mol. The number of hydrogen-bond donors (Lipinski definition) is 0. The average Bonchev–Trinajstić information content (AvgIpc) is 2.38. The summed E-state index contributed by atoms with van der Waals surface area (Å²) in [6.07, 6.45) is 1.46. The van der Waals surface area contributed by atoms with Crippen LogP contribution in [-0.2, 0) is 10.0 Å². The number of pyridine rings is 1. The molecule has 0 aliphatic heterocycles. The maximum absolute atomic E-state index is 12.5. The lowest BCUT2D eigenvalue weighted by molar-refractivity contribution is 0.360. The summed E-state index contributed by atoms with van der Waals surface area (Å²) >= 11 is 0. The third kappa shape index (κ3) is 3.28. The van der Waals surface area contributed by atoms with E-state index in [-0.39, 0.29) is 29.6 Å². The van der Waals surface area contributed by atoms with Crippen molar-refractivity contribution in [2.45, 2.75) is 31.2 Å². The Bertz CT molecular complexity index is 626. The van der Waals surface area contributed by atoms with Gasteiger partial charge in [-0.1, -0.05) is 0 Å². The third-order valence-electron chi connectivity index (χ3n) is 2.48. The van der Waals surface area contributed by atoms with Crippen LogP contribution in [0.2, 0.25) is 0 Å². The average molecular weight is 278 g/mol. The molecule has 0 saturated carbocycles. The summed E-state index contributed by atoms with van der Waals surface area (Å²) in [5.74, 6) is 0. The molecule has 0 radical (unpaired) electrons. The maximum atomic E-state index is 12.5. The minimum Gasteiger partial charge on any atom is -0.244 e. The van der Waals surface area contributed by atoms with Crippen molar-refractivity contribution in [2.75, 3.05) is 6.54 Å². The number of nitriles is 2. The lowest BCUT2D eigenvalue weighted by Gasteiger charge is -2.25. The van der Waals surface area contributed by atoms with Gasteiger partial charge in [-0.05, 0) is 26.0 Å². The molecule has 0 spiro atoms. The molecule has 0 saturated heterocycles. The van der Waals surface area contributed by atoms with E-state index in [1.165, 1.54) is 22.6 Å². The van der Waals surface area contributed by atoms with Gasteiger partial charge >= 0.3 is 0 Å². The van der Waals surface area contributed by atoms with Gasteiger partial charge in [0.15, 0.2) is 5.69 Å². The molecule has 0 fully saturated rings. The minimum absolute atomic E-state index is 0.0935. The quantitative estimate of drug-likeness (QED) is 0.807. The van der Waals surface area contributed by atoms with Crippen LogP contribution >= 0.6 is 0 Å². The summed E-state index contributed by atoms with van der Waals surface area (Å²) in [7, 11) is -3.82. The molecule has 1 rings (SSSR count). The van der Waals surface area contributed by atoms with Gasteiger partial charge in [0.05, 0.1) is 6.07 Å². The summed E-state index contributed by atoms with van der Waals surface area (Å²) in [5, 5.41) is 17.5. The fourth-order valence-electron chi connectivity index (χ4n) is 1.63. The molecular formula is C12H14N4O2S. The van der Waals surface area contributed by atoms with Crippen molar-refractivity contribution in [3.8, 4) is 12.1 Å². The van der Waals surface area contributed by atoms with E-state index >= 15 is 0 Å². The Morgan fingerprint density at radius 2 is 2.11 bits per heavy atom. The van der Waals surface area contributed by atoms with Crippen LogP contribution in [0.15, 0.2) is 23.2 Å². The Hall–Kier alpha value is -1.96. The van der Waals surface area contributed by atoms with E-state index in [1.807, 2.05) is 6.07 Å². The molecule has 0 atom stereocenters. The predicted molar refractivity (Wildman–Crippen MR) is 68.2 cm³/mol. The first-order valence-electron chi connectivity index (χ1n) is 5.69. The van der Waals surface area contributed by atoms with Crippen molar-refractivity contribution in [3.63, 3.8) is 0 Å². The molecule has 0 N–H and O–H groups in total. The van der Waals surface area contributed by atoms with E-state index in [9.17, 15) is 8.42 Å². The number of rotatable bonds is 5. The molecule has 1 heterocycles. The fraction of sp³-hybridized carbons (Fsp3) is 0.417. The predicted octanol–water partition coefficient (Wildman–Crippen LogP) is 1.27. The van der Waals surface area contributed by atoms with E-state index in [2.05, 4.69) is 4.98 Å². The first kappa shape index (κ1) is 15.1. The Morgan fingerprint density at radius 3 is 2.63 bits per heavy atom. The highest BCUT2D eigenvalue weighted by atomic mass is 32.2. The van der Waals surface area contributed by atoms with Crippen LogP contribution in [0, 0.1) is 22.7 Å². The fourth-order valence-corrected chi connectivity index (χ4v) is 3.36. The molecule has 1 aromatic rings. The second kappa shape index (κ2) is 6.28. The molecule has 1 aromatic heterocycles. The Kier molecular flexibility index (Phi) is 4.99. The van der Waals surface area contributed by atoms with E-state index in [0.717, 1.165) is 0 Å². The van der Waals surface area contributed by atoms with Gasteiger partial charge in [0.1, 0.15) is 11.0 Å². The highest BCUT2D eigenvalue weighted by Crippen LogP contribution is 2.20. The number of nitrogens with zero attached hydrogens (tertiary/aromatic N) is 4. The van der Waals surface area contributed by atoms with Crippen LogP contribution in [0.25, 0.3) is 0 Å². The zero-order valence-corrected chi connectivity index (χ0v) is 11.6. The number of hydrogen-bond acceptors (Lipinski definition) is 5. The smallest absolute Gasteiger partial charge is 0.244 e. The van der Waals surface area contributed by atoms with Gasteiger partial charge in [-0.2, -0.15) is 14.8 Å². The first-order valence-corrected chi connectivity index (χ1v) is 7.13. The summed E-state index contributed by atoms with van der Waals surface area (Å²) < 4.78 is 26.2. The Balaban J connectivity index is 3.29. The zero-order valence-electron chi connectivity index (χ0n) is 10.7. The summed E-state index contributed by atoms with van der Waals surface area (Å²) in [5.41, 5.74) is -0.134. The summed E-state index contributed by atoms with van der Waals surface area (Å²) in [6.45, 7) is 3.53. The van der Waals surface area contributed by atoms with Gasteiger partial charge in [-0.25, -0.2) is 13.4 Å². The molecule has 0 aliphatic rings. The molecule has 0 aliphatic carbocycles. The van der Waals surface area contributed by atoms with Crippen LogP contribution in [0.1, 0.15) is 26.0 Å². The minimum atomic E-state index is -3.82. The number of sulfonamides is 1. The Labute approximate surface area is 113 Å². The Morgan fingerprint density at radius 1 is 1.42 bits per heavy atom. The molecule has 19 heavy (non-hydrogen) atoms. The largest absolute Gasteiger partial charge is 0.246 e. The second-order valence-electron chi connectivity index (χ2n) is 4.08. The van der Waals surface area contributed by atoms with Crippen molar-refractivity contribution in [3.05, 3.63) is 24.0 Å². The van der Waals surface area contributed by atoms with Gasteiger partial charge in [-0.15, -0.1) is 0 Å². The molecule has 0 bridgehead atoms. The van der Waals surface area contributed by atoms with Crippen LogP contribution in [0.5, 0.6) is 0 Å². The highest BCUT2D eigenvalue weighted by Gasteiger charge is 2.29. The van der Waals surface area contributed by atoms with Gasteiger partial charge < -0.3 is 0 Å². The molecule has 0 aromatic carbocycles. The SMILES string of the molecule is CC(C)N(CCC#N)S(=O)(=O)c1cccnc1C#N. The van der Waals surface area contributed by atoms with Gasteiger partial charge in [0, 0.05) is 25.2 Å². The van der Waals surface area contributed by atoms with Crippen molar-refractivity contribution >= 4 is 10.0 Å². The van der Waals surface area contributed by atoms with Crippen LogP contribution in [0.4, 0.5) is 0 Å².